The van der Waals surface area contributed by atoms with Crippen molar-refractivity contribution in [2.24, 2.45) is 0 Å². The van der Waals surface area contributed by atoms with Gasteiger partial charge in [0.25, 0.3) is 0 Å². The number of carbonyl (C=O) groups is 1. The second-order valence-electron chi connectivity index (χ2n) is 8.10. The van der Waals surface area contributed by atoms with E-state index >= 15 is 0 Å². The SMILES string of the molecule is COc1ccc(Nc2cc(C)nc(Nc3ccc(NC(=O)Nc4cccc(C)c4C)cc3)n2)cc1. The van der Waals surface area contributed by atoms with Crippen LogP contribution in [0.5, 0.6) is 5.75 Å². The highest BCUT2D eigenvalue weighted by atomic mass is 16.5. The lowest BCUT2D eigenvalue weighted by atomic mass is 10.1. The third kappa shape index (κ3) is 6.26. The van der Waals surface area contributed by atoms with Gasteiger partial charge >= 0.3 is 6.03 Å². The van der Waals surface area contributed by atoms with E-state index in [9.17, 15) is 4.79 Å². The van der Waals surface area contributed by atoms with Gasteiger partial charge in [-0.1, -0.05) is 12.1 Å². The lowest BCUT2D eigenvalue weighted by Crippen LogP contribution is -2.20. The van der Waals surface area contributed by atoms with Crippen LogP contribution in [0.25, 0.3) is 0 Å². The first-order valence-corrected chi connectivity index (χ1v) is 11.2. The zero-order valence-electron chi connectivity index (χ0n) is 20.1. The first kappa shape index (κ1) is 23.6. The summed E-state index contributed by atoms with van der Waals surface area (Å²) in [6, 6.07) is 22.4. The summed E-state index contributed by atoms with van der Waals surface area (Å²) in [7, 11) is 1.64. The smallest absolute Gasteiger partial charge is 0.323 e. The van der Waals surface area contributed by atoms with E-state index in [0.717, 1.165) is 39.6 Å². The number of nitrogens with one attached hydrogen (secondary N) is 4. The molecule has 178 valence electrons. The maximum atomic E-state index is 12.4. The molecule has 0 aliphatic heterocycles. The predicted molar refractivity (Wildman–Crippen MR) is 141 cm³/mol. The minimum Gasteiger partial charge on any atom is -0.497 e. The van der Waals surface area contributed by atoms with Gasteiger partial charge in [0, 0.05) is 34.5 Å². The predicted octanol–water partition coefficient (Wildman–Crippen LogP) is 6.54. The van der Waals surface area contributed by atoms with Crippen molar-refractivity contribution in [3.63, 3.8) is 0 Å². The Morgan fingerprint density at radius 3 is 2.14 bits per heavy atom. The Morgan fingerprint density at radius 2 is 1.43 bits per heavy atom. The molecule has 8 nitrogen and oxygen atoms in total. The van der Waals surface area contributed by atoms with Crippen molar-refractivity contribution in [1.82, 2.24) is 9.97 Å². The molecule has 0 spiro atoms. The van der Waals surface area contributed by atoms with Gasteiger partial charge in [-0.05, 0) is 86.5 Å². The zero-order valence-corrected chi connectivity index (χ0v) is 20.1. The van der Waals surface area contributed by atoms with Crippen LogP contribution in [0.1, 0.15) is 16.8 Å². The molecule has 0 aliphatic carbocycles. The molecule has 0 fully saturated rings. The number of anilines is 6. The molecule has 0 unspecified atom stereocenters. The number of methoxy groups -OCH3 is 1. The normalized spacial score (nSPS) is 10.4. The average molecular weight is 469 g/mol. The van der Waals surface area contributed by atoms with Gasteiger partial charge in [0.1, 0.15) is 11.6 Å². The Kier molecular flexibility index (Phi) is 7.11. The van der Waals surface area contributed by atoms with E-state index in [2.05, 4.69) is 31.2 Å². The van der Waals surface area contributed by atoms with Crippen molar-refractivity contribution in [3.8, 4) is 5.75 Å². The van der Waals surface area contributed by atoms with Crippen LogP contribution >= 0.6 is 0 Å². The van der Waals surface area contributed by atoms with Crippen molar-refractivity contribution < 1.29 is 9.53 Å². The second-order valence-corrected chi connectivity index (χ2v) is 8.10. The number of hydrogen-bond donors (Lipinski definition) is 4. The molecule has 0 saturated carbocycles. The third-order valence-electron chi connectivity index (χ3n) is 5.47. The number of ether oxygens (including phenoxy) is 1. The maximum absolute atomic E-state index is 12.4. The number of urea groups is 1. The van der Waals surface area contributed by atoms with Gasteiger partial charge in [-0.2, -0.15) is 4.98 Å². The molecule has 0 aliphatic rings. The van der Waals surface area contributed by atoms with Gasteiger partial charge in [0.15, 0.2) is 0 Å². The number of hydrogen-bond acceptors (Lipinski definition) is 6. The van der Waals surface area contributed by atoms with Crippen LogP contribution in [-0.2, 0) is 0 Å². The second kappa shape index (κ2) is 10.6. The number of amides is 2. The van der Waals surface area contributed by atoms with E-state index in [4.69, 9.17) is 4.74 Å². The lowest BCUT2D eigenvalue weighted by molar-refractivity contribution is 0.262. The molecule has 8 heteroatoms. The Morgan fingerprint density at radius 1 is 0.771 bits per heavy atom. The Hall–Kier alpha value is -4.59. The monoisotopic (exact) mass is 468 g/mol. The van der Waals surface area contributed by atoms with Crippen LogP contribution in [0, 0.1) is 20.8 Å². The van der Waals surface area contributed by atoms with Crippen molar-refractivity contribution in [3.05, 3.63) is 89.6 Å². The highest BCUT2D eigenvalue weighted by molar-refractivity contribution is 6.00. The fourth-order valence-corrected chi connectivity index (χ4v) is 3.45. The highest BCUT2D eigenvalue weighted by Gasteiger charge is 2.08. The molecule has 4 N–H and O–H groups in total. The fraction of sp³-hybridized carbons (Fsp3) is 0.148. The number of carbonyl (C=O) groups excluding carboxylic acids is 1. The van der Waals surface area contributed by atoms with E-state index < -0.39 is 0 Å². The summed E-state index contributed by atoms with van der Waals surface area (Å²) in [5.41, 5.74) is 6.14. The molecular weight excluding hydrogens is 440 g/mol. The maximum Gasteiger partial charge on any atom is 0.323 e. The third-order valence-corrected chi connectivity index (χ3v) is 5.47. The van der Waals surface area contributed by atoms with Gasteiger partial charge in [-0.25, -0.2) is 9.78 Å². The molecule has 35 heavy (non-hydrogen) atoms. The molecular formula is C27H28N6O2. The van der Waals surface area contributed by atoms with Crippen molar-refractivity contribution in [1.29, 1.82) is 0 Å². The van der Waals surface area contributed by atoms with Crippen LogP contribution < -0.4 is 26.0 Å². The van der Waals surface area contributed by atoms with Crippen LogP contribution in [0.2, 0.25) is 0 Å². The molecule has 0 bridgehead atoms. The van der Waals surface area contributed by atoms with Crippen LogP contribution in [0.3, 0.4) is 0 Å². The van der Waals surface area contributed by atoms with Crippen LogP contribution in [0.15, 0.2) is 72.8 Å². The largest absolute Gasteiger partial charge is 0.497 e. The average Bonchev–Trinajstić information content (AvgIpc) is 2.83. The first-order valence-electron chi connectivity index (χ1n) is 11.2. The molecule has 1 heterocycles. The molecule has 0 radical (unpaired) electrons. The summed E-state index contributed by atoms with van der Waals surface area (Å²) < 4.78 is 5.20. The van der Waals surface area contributed by atoms with E-state index in [0.29, 0.717) is 17.5 Å². The number of aromatic nitrogens is 2. The molecule has 0 saturated heterocycles. The van der Waals surface area contributed by atoms with Crippen molar-refractivity contribution in [2.75, 3.05) is 28.4 Å². The van der Waals surface area contributed by atoms with Crippen LogP contribution in [0.4, 0.5) is 39.3 Å². The molecule has 3 aromatic carbocycles. The van der Waals surface area contributed by atoms with E-state index in [1.54, 1.807) is 7.11 Å². The minimum atomic E-state index is -0.296. The van der Waals surface area contributed by atoms with Crippen molar-refractivity contribution >= 4 is 40.5 Å². The van der Waals surface area contributed by atoms with Gasteiger partial charge < -0.3 is 26.0 Å². The number of nitrogens with zero attached hydrogens (tertiary/aromatic N) is 2. The van der Waals surface area contributed by atoms with Gasteiger partial charge in [0.2, 0.25) is 5.95 Å². The van der Waals surface area contributed by atoms with E-state index in [-0.39, 0.29) is 6.03 Å². The standard InChI is InChI=1S/C27H28N6O2/c1-17-6-5-7-24(19(17)3)32-27(34)31-22-10-8-21(9-11-22)30-26-28-18(2)16-25(33-26)29-20-12-14-23(35-4)15-13-20/h5-16H,1-4H3,(H2,31,32,34)(H2,28,29,30,33). The summed E-state index contributed by atoms with van der Waals surface area (Å²) in [6.45, 7) is 5.91. The Labute approximate surface area is 204 Å². The Balaban J connectivity index is 1.39. The van der Waals surface area contributed by atoms with Crippen molar-refractivity contribution in [2.45, 2.75) is 20.8 Å². The molecule has 2 amide bonds. The Bertz CT molecular complexity index is 1320. The van der Waals surface area contributed by atoms with E-state index in [1.165, 1.54) is 0 Å². The molecule has 0 atom stereocenters. The van der Waals surface area contributed by atoms with Crippen LogP contribution in [-0.4, -0.2) is 23.1 Å². The molecule has 1 aromatic heterocycles. The van der Waals surface area contributed by atoms with Gasteiger partial charge in [0.05, 0.1) is 7.11 Å². The lowest BCUT2D eigenvalue weighted by Gasteiger charge is -2.12. The van der Waals surface area contributed by atoms with Gasteiger partial charge in [-0.15, -0.1) is 0 Å². The summed E-state index contributed by atoms with van der Waals surface area (Å²) in [4.78, 5) is 21.4. The number of aryl methyl sites for hydroxylation is 2. The zero-order chi connectivity index (χ0) is 24.8. The van der Waals surface area contributed by atoms with Gasteiger partial charge in [-0.3, -0.25) is 0 Å². The summed E-state index contributed by atoms with van der Waals surface area (Å²) in [5.74, 6) is 1.93. The van der Waals surface area contributed by atoms with E-state index in [1.807, 2.05) is 93.6 Å². The highest BCUT2D eigenvalue weighted by Crippen LogP contribution is 2.23. The summed E-state index contributed by atoms with van der Waals surface area (Å²) >= 11 is 0. The fourth-order valence-electron chi connectivity index (χ4n) is 3.45. The molecule has 4 rings (SSSR count). The number of rotatable bonds is 7. The quantitative estimate of drug-likeness (QED) is 0.246. The summed E-state index contributed by atoms with van der Waals surface area (Å²) in [5, 5.41) is 12.2. The number of benzene rings is 3. The topological polar surface area (TPSA) is 100 Å². The molecule has 4 aromatic rings. The summed E-state index contributed by atoms with van der Waals surface area (Å²) in [6.07, 6.45) is 0. The minimum absolute atomic E-state index is 0.296. The first-order chi connectivity index (χ1) is 16.9.